The second kappa shape index (κ2) is 6.15. The van der Waals surface area contributed by atoms with Crippen molar-refractivity contribution in [2.75, 3.05) is 20.1 Å². The molecule has 0 aromatic carbocycles. The molecule has 2 heterocycles. The number of rotatable bonds is 4. The summed E-state index contributed by atoms with van der Waals surface area (Å²) in [5.74, 6) is 0.875. The predicted molar refractivity (Wildman–Crippen MR) is 74.0 cm³/mol. The first kappa shape index (κ1) is 12.6. The lowest BCUT2D eigenvalue weighted by molar-refractivity contribution is 0.320. The van der Waals surface area contributed by atoms with Gasteiger partial charge in [0.15, 0.2) is 0 Å². The molecular weight excluding hydrogens is 284 g/mol. The van der Waals surface area contributed by atoms with Gasteiger partial charge in [0.25, 0.3) is 0 Å². The maximum Gasteiger partial charge on any atom is 0.0415 e. The van der Waals surface area contributed by atoms with Gasteiger partial charge in [-0.25, -0.2) is 0 Å². The first-order valence-electron chi connectivity index (χ1n) is 5.91. The smallest absolute Gasteiger partial charge is 0.0415 e. The molecule has 0 bridgehead atoms. The van der Waals surface area contributed by atoms with Crippen molar-refractivity contribution >= 4 is 27.3 Å². The topological polar surface area (TPSA) is 24.1 Å². The van der Waals surface area contributed by atoms with Crippen molar-refractivity contribution in [1.82, 2.24) is 10.6 Å². The minimum atomic E-state index is 0.527. The van der Waals surface area contributed by atoms with Crippen LogP contribution in [0.1, 0.15) is 30.2 Å². The maximum atomic E-state index is 3.53. The van der Waals surface area contributed by atoms with Crippen molar-refractivity contribution < 1.29 is 0 Å². The molecule has 16 heavy (non-hydrogen) atoms. The third-order valence-corrected chi connectivity index (χ3v) is 5.11. The highest BCUT2D eigenvalue weighted by Gasteiger charge is 2.19. The molecule has 2 nitrogen and oxygen atoms in total. The second-order valence-corrected chi connectivity index (χ2v) is 6.30. The van der Waals surface area contributed by atoms with Crippen LogP contribution in [0.25, 0.3) is 0 Å². The summed E-state index contributed by atoms with van der Waals surface area (Å²) in [6.07, 6.45) is 3.92. The molecule has 90 valence electrons. The molecule has 1 aliphatic heterocycles. The number of thiophene rings is 1. The van der Waals surface area contributed by atoms with Gasteiger partial charge < -0.3 is 10.6 Å². The summed E-state index contributed by atoms with van der Waals surface area (Å²) in [4.78, 5) is 1.45. The first-order valence-corrected chi connectivity index (χ1v) is 7.58. The van der Waals surface area contributed by atoms with E-state index in [2.05, 4.69) is 45.1 Å². The molecule has 0 aliphatic carbocycles. The Morgan fingerprint density at radius 3 is 2.88 bits per heavy atom. The average Bonchev–Trinajstić information content (AvgIpc) is 2.74. The molecule has 1 saturated heterocycles. The lowest BCUT2D eigenvalue weighted by Crippen LogP contribution is -2.30. The fourth-order valence-corrected chi connectivity index (χ4v) is 3.91. The van der Waals surface area contributed by atoms with Crippen LogP contribution in [0.2, 0.25) is 0 Å². The monoisotopic (exact) mass is 302 g/mol. The number of hydrogen-bond acceptors (Lipinski definition) is 3. The van der Waals surface area contributed by atoms with E-state index in [-0.39, 0.29) is 0 Å². The molecule has 0 radical (unpaired) electrons. The second-order valence-electron chi connectivity index (χ2n) is 4.44. The molecule has 0 saturated carbocycles. The fourth-order valence-electron chi connectivity index (χ4n) is 2.34. The van der Waals surface area contributed by atoms with Crippen molar-refractivity contribution in [1.29, 1.82) is 0 Å². The van der Waals surface area contributed by atoms with Gasteiger partial charge in [0.2, 0.25) is 0 Å². The summed E-state index contributed by atoms with van der Waals surface area (Å²) in [6, 6.07) is 2.77. The Morgan fingerprint density at radius 2 is 2.31 bits per heavy atom. The van der Waals surface area contributed by atoms with E-state index < -0.39 is 0 Å². The Bertz CT molecular complexity index is 321. The van der Waals surface area contributed by atoms with Gasteiger partial charge in [-0.2, -0.15) is 0 Å². The Labute approximate surface area is 110 Å². The SMILES string of the molecule is CNC(CC1CCNCC1)c1cc(Br)cs1. The fraction of sp³-hybridized carbons (Fsp3) is 0.667. The Morgan fingerprint density at radius 1 is 1.56 bits per heavy atom. The van der Waals surface area contributed by atoms with Crippen LogP contribution in [0, 0.1) is 5.92 Å². The highest BCUT2D eigenvalue weighted by atomic mass is 79.9. The molecule has 2 N–H and O–H groups in total. The molecule has 4 heteroatoms. The van der Waals surface area contributed by atoms with E-state index in [4.69, 9.17) is 0 Å². The Balaban J connectivity index is 1.94. The van der Waals surface area contributed by atoms with Gasteiger partial charge in [-0.3, -0.25) is 0 Å². The summed E-state index contributed by atoms with van der Waals surface area (Å²) in [6.45, 7) is 2.38. The van der Waals surface area contributed by atoms with E-state index in [0.717, 1.165) is 5.92 Å². The molecule has 1 fully saturated rings. The third-order valence-electron chi connectivity index (χ3n) is 3.31. The third kappa shape index (κ3) is 3.29. The number of nitrogens with one attached hydrogen (secondary N) is 2. The molecule has 0 amide bonds. The van der Waals surface area contributed by atoms with Gasteiger partial charge >= 0.3 is 0 Å². The summed E-state index contributed by atoms with van der Waals surface area (Å²) in [7, 11) is 2.07. The normalized spacial score (nSPS) is 19.9. The van der Waals surface area contributed by atoms with Crippen molar-refractivity contribution in [2.45, 2.75) is 25.3 Å². The van der Waals surface area contributed by atoms with Crippen molar-refractivity contribution in [2.24, 2.45) is 5.92 Å². The van der Waals surface area contributed by atoms with E-state index in [1.54, 1.807) is 0 Å². The zero-order valence-electron chi connectivity index (χ0n) is 9.63. The van der Waals surface area contributed by atoms with Gasteiger partial charge in [0.1, 0.15) is 0 Å². The van der Waals surface area contributed by atoms with Crippen molar-refractivity contribution in [3.05, 3.63) is 20.8 Å². The van der Waals surface area contributed by atoms with E-state index >= 15 is 0 Å². The van der Waals surface area contributed by atoms with E-state index in [9.17, 15) is 0 Å². The van der Waals surface area contributed by atoms with Crippen LogP contribution in [0.15, 0.2) is 15.9 Å². The zero-order valence-corrected chi connectivity index (χ0v) is 12.0. The van der Waals surface area contributed by atoms with Crippen LogP contribution in [0.4, 0.5) is 0 Å². The van der Waals surface area contributed by atoms with Crippen LogP contribution in [-0.2, 0) is 0 Å². The summed E-state index contributed by atoms with van der Waals surface area (Å²) < 4.78 is 1.21. The highest BCUT2D eigenvalue weighted by molar-refractivity contribution is 9.10. The Hall–Kier alpha value is 0.1000. The van der Waals surface area contributed by atoms with Gasteiger partial charge in [-0.05, 0) is 67.3 Å². The highest BCUT2D eigenvalue weighted by Crippen LogP contribution is 2.31. The standard InChI is InChI=1S/C12H19BrN2S/c1-14-11(12-7-10(13)8-16-12)6-9-2-4-15-5-3-9/h7-9,11,14-15H,2-6H2,1H3. The number of piperidine rings is 1. The minimum Gasteiger partial charge on any atom is -0.317 e. The summed E-state index contributed by atoms with van der Waals surface area (Å²) in [5, 5.41) is 9.04. The van der Waals surface area contributed by atoms with Gasteiger partial charge in [-0.1, -0.05) is 0 Å². The summed E-state index contributed by atoms with van der Waals surface area (Å²) in [5.41, 5.74) is 0. The zero-order chi connectivity index (χ0) is 11.4. The quantitative estimate of drug-likeness (QED) is 0.893. The Kier molecular flexibility index (Phi) is 4.82. The molecule has 1 aromatic heterocycles. The van der Waals surface area contributed by atoms with Crippen molar-refractivity contribution in [3.8, 4) is 0 Å². The molecule has 1 aromatic rings. The van der Waals surface area contributed by atoms with E-state index in [1.165, 1.54) is 41.7 Å². The number of halogens is 1. The van der Waals surface area contributed by atoms with Crippen LogP contribution < -0.4 is 10.6 Å². The molecule has 2 rings (SSSR count). The number of hydrogen-bond donors (Lipinski definition) is 2. The predicted octanol–water partition coefficient (Wildman–Crippen LogP) is 3.16. The lowest BCUT2D eigenvalue weighted by Gasteiger charge is -2.26. The van der Waals surface area contributed by atoms with Crippen LogP contribution in [0.3, 0.4) is 0 Å². The van der Waals surface area contributed by atoms with Gasteiger partial charge in [-0.15, -0.1) is 11.3 Å². The van der Waals surface area contributed by atoms with Crippen LogP contribution in [-0.4, -0.2) is 20.1 Å². The molecular formula is C12H19BrN2S. The van der Waals surface area contributed by atoms with Crippen LogP contribution in [0.5, 0.6) is 0 Å². The lowest BCUT2D eigenvalue weighted by atomic mass is 9.90. The summed E-state index contributed by atoms with van der Waals surface area (Å²) >= 11 is 5.37. The van der Waals surface area contributed by atoms with Crippen molar-refractivity contribution in [3.63, 3.8) is 0 Å². The average molecular weight is 303 g/mol. The molecule has 0 spiro atoms. The van der Waals surface area contributed by atoms with E-state index in [0.29, 0.717) is 6.04 Å². The molecule has 1 unspecified atom stereocenters. The first-order chi connectivity index (χ1) is 7.79. The maximum absolute atomic E-state index is 3.53. The largest absolute Gasteiger partial charge is 0.317 e. The van der Waals surface area contributed by atoms with Gasteiger partial charge in [0, 0.05) is 20.8 Å². The minimum absolute atomic E-state index is 0.527. The van der Waals surface area contributed by atoms with Gasteiger partial charge in [0.05, 0.1) is 0 Å². The molecule has 1 atom stereocenters. The van der Waals surface area contributed by atoms with Crippen LogP contribution >= 0.6 is 27.3 Å². The molecule has 1 aliphatic rings. The van der Waals surface area contributed by atoms with E-state index in [1.807, 2.05) is 11.3 Å².